The van der Waals surface area contributed by atoms with E-state index in [1.54, 1.807) is 0 Å². The van der Waals surface area contributed by atoms with Crippen LogP contribution in [0.4, 0.5) is 4.79 Å². The Morgan fingerprint density at radius 2 is 2.17 bits per heavy atom. The monoisotopic (exact) mass is 397 g/mol. The zero-order valence-corrected chi connectivity index (χ0v) is 15.8. The van der Waals surface area contributed by atoms with Crippen molar-refractivity contribution in [3.63, 3.8) is 0 Å². The molecule has 0 aromatic heterocycles. The summed E-state index contributed by atoms with van der Waals surface area (Å²) in [5.41, 5.74) is 1.30. The van der Waals surface area contributed by atoms with Crippen LogP contribution < -0.4 is 15.5 Å². The van der Waals surface area contributed by atoms with Crippen molar-refractivity contribution in [1.82, 2.24) is 5.32 Å². The van der Waals surface area contributed by atoms with Crippen LogP contribution in [0, 0.1) is 0 Å². The number of amides is 1. The third kappa shape index (κ3) is 3.71. The lowest BCUT2D eigenvalue weighted by molar-refractivity contribution is 0.0485. The van der Waals surface area contributed by atoms with Crippen molar-refractivity contribution in [1.29, 1.82) is 0 Å². The molecule has 0 spiro atoms. The molecule has 1 unspecified atom stereocenters. The Bertz CT molecular complexity index is 648. The second-order valence-corrected chi connectivity index (χ2v) is 7.82. The van der Waals surface area contributed by atoms with Crippen LogP contribution in [0.25, 0.3) is 0 Å². The predicted molar refractivity (Wildman–Crippen MR) is 93.6 cm³/mol. The van der Waals surface area contributed by atoms with Gasteiger partial charge in [-0.1, -0.05) is 15.9 Å². The number of carbonyl (C=O) groups excluding carboxylic acids is 1. The van der Waals surface area contributed by atoms with Crippen molar-refractivity contribution in [3.05, 3.63) is 22.2 Å². The van der Waals surface area contributed by atoms with Crippen molar-refractivity contribution >= 4 is 34.6 Å². The zero-order valence-electron chi connectivity index (χ0n) is 14.2. The van der Waals surface area contributed by atoms with Crippen molar-refractivity contribution in [3.8, 4) is 5.75 Å². The number of benzene rings is 1. The Labute approximate surface area is 150 Å². The van der Waals surface area contributed by atoms with Gasteiger partial charge in [0.15, 0.2) is 0 Å². The maximum absolute atomic E-state index is 11.9. The summed E-state index contributed by atoms with van der Waals surface area (Å²) in [6.45, 7) is 8.19. The van der Waals surface area contributed by atoms with Crippen LogP contribution in [0.2, 0.25) is 0 Å². The molecule has 0 saturated carbocycles. The molecule has 0 fully saturated rings. The van der Waals surface area contributed by atoms with E-state index in [0.29, 0.717) is 6.61 Å². The van der Waals surface area contributed by atoms with Crippen LogP contribution in [0.3, 0.4) is 0 Å². The summed E-state index contributed by atoms with van der Waals surface area (Å²) in [4.78, 5) is 11.9. The van der Waals surface area contributed by atoms with E-state index in [2.05, 4.69) is 21.2 Å². The van der Waals surface area contributed by atoms with Crippen LogP contribution in [-0.2, 0) is 14.0 Å². The molecule has 0 radical (unpaired) electrons. The van der Waals surface area contributed by atoms with Gasteiger partial charge in [0.1, 0.15) is 18.0 Å². The molecule has 0 saturated heterocycles. The standard InChI is InChI=1S/C16H21BBrNO5/c1-9-8-21-11-6-5-10(18)13-12(24-17(23-9)14(11)13)7-19-15(20)22-16(2,3)4/h5-6,9,12H,7-8H2,1-4H3,(H,19,20)/t9?,12-/m0/s1. The number of ether oxygens (including phenoxy) is 2. The molecule has 8 heteroatoms. The van der Waals surface area contributed by atoms with Crippen LogP contribution in [-0.4, -0.2) is 38.1 Å². The number of rotatable bonds is 2. The fourth-order valence-electron chi connectivity index (χ4n) is 2.77. The van der Waals surface area contributed by atoms with Crippen LogP contribution in [0.1, 0.15) is 39.4 Å². The molecule has 2 aliphatic rings. The average Bonchev–Trinajstić information content (AvgIpc) is 2.74. The van der Waals surface area contributed by atoms with Crippen molar-refractivity contribution < 1.29 is 23.6 Å². The summed E-state index contributed by atoms with van der Waals surface area (Å²) >= 11 is 3.56. The summed E-state index contributed by atoms with van der Waals surface area (Å²) in [5.74, 6) is 0.766. The van der Waals surface area contributed by atoms with Gasteiger partial charge in [-0.2, -0.15) is 0 Å². The summed E-state index contributed by atoms with van der Waals surface area (Å²) in [6, 6.07) is 3.83. The van der Waals surface area contributed by atoms with Crippen LogP contribution in [0.15, 0.2) is 16.6 Å². The van der Waals surface area contributed by atoms with Crippen LogP contribution in [0.5, 0.6) is 5.75 Å². The van der Waals surface area contributed by atoms with E-state index in [0.717, 1.165) is 21.2 Å². The van der Waals surface area contributed by atoms with E-state index in [9.17, 15) is 4.79 Å². The van der Waals surface area contributed by atoms with E-state index in [1.807, 2.05) is 39.8 Å². The molecule has 2 aliphatic heterocycles. The van der Waals surface area contributed by atoms with Gasteiger partial charge in [-0.25, -0.2) is 4.79 Å². The summed E-state index contributed by atoms with van der Waals surface area (Å²) in [7, 11) is -0.490. The minimum Gasteiger partial charge on any atom is -0.491 e. The van der Waals surface area contributed by atoms with E-state index in [4.69, 9.17) is 18.8 Å². The van der Waals surface area contributed by atoms with Gasteiger partial charge in [0.25, 0.3) is 0 Å². The van der Waals surface area contributed by atoms with Gasteiger partial charge in [-0.05, 0) is 45.4 Å². The van der Waals surface area contributed by atoms with Gasteiger partial charge in [-0.15, -0.1) is 0 Å². The fourth-order valence-corrected chi connectivity index (χ4v) is 3.37. The third-order valence-electron chi connectivity index (χ3n) is 3.70. The quantitative estimate of drug-likeness (QED) is 0.776. The number of nitrogens with one attached hydrogen (secondary N) is 1. The van der Waals surface area contributed by atoms with Gasteiger partial charge >= 0.3 is 13.2 Å². The Balaban J connectivity index is 1.78. The molecule has 1 aromatic carbocycles. The Kier molecular flexibility index (Phi) is 4.81. The summed E-state index contributed by atoms with van der Waals surface area (Å²) in [6.07, 6.45) is -0.881. The largest absolute Gasteiger partial charge is 0.498 e. The molecule has 2 heterocycles. The second kappa shape index (κ2) is 6.57. The third-order valence-corrected chi connectivity index (χ3v) is 4.39. The van der Waals surface area contributed by atoms with Gasteiger partial charge in [-0.3, -0.25) is 0 Å². The first-order valence-corrected chi connectivity index (χ1v) is 8.77. The van der Waals surface area contributed by atoms with E-state index in [-0.39, 0.29) is 18.8 Å². The lowest BCUT2D eigenvalue weighted by Gasteiger charge is -2.21. The van der Waals surface area contributed by atoms with Crippen molar-refractivity contribution in [2.45, 2.75) is 45.5 Å². The van der Waals surface area contributed by atoms with Crippen molar-refractivity contribution in [2.24, 2.45) is 0 Å². The number of carbonyl (C=O) groups is 1. The normalized spacial score (nSPS) is 22.5. The highest BCUT2D eigenvalue weighted by Gasteiger charge is 2.44. The van der Waals surface area contributed by atoms with Crippen LogP contribution >= 0.6 is 15.9 Å². The maximum atomic E-state index is 11.9. The van der Waals surface area contributed by atoms with E-state index >= 15 is 0 Å². The molecule has 1 amide bonds. The highest BCUT2D eigenvalue weighted by molar-refractivity contribution is 9.10. The molecule has 3 rings (SSSR count). The Morgan fingerprint density at radius 1 is 1.42 bits per heavy atom. The molecule has 1 aromatic rings. The zero-order chi connectivity index (χ0) is 17.5. The van der Waals surface area contributed by atoms with Gasteiger partial charge < -0.3 is 24.1 Å². The fraction of sp³-hybridized carbons (Fsp3) is 0.562. The first-order valence-electron chi connectivity index (χ1n) is 7.97. The topological polar surface area (TPSA) is 66.0 Å². The number of alkyl carbamates (subject to hydrolysis) is 1. The number of hydrogen-bond acceptors (Lipinski definition) is 5. The average molecular weight is 398 g/mol. The minimum absolute atomic E-state index is 0.0772. The Morgan fingerprint density at radius 3 is 2.88 bits per heavy atom. The van der Waals surface area contributed by atoms with Gasteiger partial charge in [0, 0.05) is 16.5 Å². The predicted octanol–water partition coefficient (Wildman–Crippen LogP) is 2.54. The maximum Gasteiger partial charge on any atom is 0.498 e. The molecule has 0 aliphatic carbocycles. The first kappa shape index (κ1) is 17.6. The van der Waals surface area contributed by atoms with Gasteiger partial charge in [0.2, 0.25) is 0 Å². The van der Waals surface area contributed by atoms with Crippen molar-refractivity contribution in [2.75, 3.05) is 13.2 Å². The molecule has 6 nitrogen and oxygen atoms in total. The SMILES string of the molecule is CC1COc2ccc(Br)c3c2B(O1)O[C@H]3CNC(=O)OC(C)(C)C. The summed E-state index contributed by atoms with van der Waals surface area (Å²) in [5, 5.41) is 2.76. The number of halogens is 1. The molecule has 1 N–H and O–H groups in total. The molecule has 0 bridgehead atoms. The lowest BCUT2D eigenvalue weighted by atomic mass is 9.77. The highest BCUT2D eigenvalue weighted by Crippen LogP contribution is 2.35. The Hall–Kier alpha value is -1.25. The minimum atomic E-state index is -0.540. The van der Waals surface area contributed by atoms with E-state index in [1.165, 1.54) is 0 Å². The molecule has 2 atom stereocenters. The highest BCUT2D eigenvalue weighted by atomic mass is 79.9. The molecule has 24 heavy (non-hydrogen) atoms. The second-order valence-electron chi connectivity index (χ2n) is 6.97. The molecular weight excluding hydrogens is 377 g/mol. The van der Waals surface area contributed by atoms with E-state index < -0.39 is 18.8 Å². The lowest BCUT2D eigenvalue weighted by Crippen LogP contribution is -2.36. The molecule has 130 valence electrons. The number of hydrogen-bond donors (Lipinski definition) is 1. The molecular formula is C16H21BBrNO5. The first-order chi connectivity index (χ1) is 11.2. The summed E-state index contributed by atoms with van der Waals surface area (Å²) < 4.78 is 23.9. The van der Waals surface area contributed by atoms with Gasteiger partial charge in [0.05, 0.1) is 12.2 Å². The smallest absolute Gasteiger partial charge is 0.491 e.